The Morgan fingerprint density at radius 2 is 0.782 bits per heavy atom. The molecule has 4 aliphatic rings. The van der Waals surface area contributed by atoms with Crippen LogP contribution in [-0.4, -0.2) is 164 Å². The molecule has 27 heteroatoms. The van der Waals surface area contributed by atoms with Gasteiger partial charge in [-0.2, -0.15) is 0 Å². The van der Waals surface area contributed by atoms with Gasteiger partial charge in [-0.25, -0.2) is 34.9 Å². The molecule has 21 rings (SSSR count). The molecule has 4 fully saturated rings. The number of aliphatic hydroxyl groups excluding tert-OH is 4. The number of para-hydroxylation sites is 1. The minimum atomic E-state index is -0.719. The monoisotopic (exact) mass is 1760 g/mol. The zero-order chi connectivity index (χ0) is 85.1. The summed E-state index contributed by atoms with van der Waals surface area (Å²) in [6.07, 6.45) is 14.1. The van der Waals surface area contributed by atoms with Gasteiger partial charge in [-0.05, 0) is 166 Å². The van der Waals surface area contributed by atoms with Gasteiger partial charge in [-0.3, -0.25) is 37.4 Å². The highest BCUT2D eigenvalue weighted by atomic mass is 79.9. The lowest BCUT2D eigenvalue weighted by Gasteiger charge is -2.29. The molecule has 0 radical (unpaired) electrons. The second kappa shape index (κ2) is 37.0. The Kier molecular flexibility index (Phi) is 24.8. The molecule has 4 aliphatic heterocycles. The van der Waals surface area contributed by atoms with Crippen LogP contribution in [0.3, 0.4) is 0 Å². The molecule has 0 saturated carbocycles. The fourth-order valence-electron chi connectivity index (χ4n) is 17.5. The smallest absolute Gasteiger partial charge is 0.261 e. The Bertz CT molecular complexity index is 6880. The maximum absolute atomic E-state index is 13.5. The van der Waals surface area contributed by atoms with Crippen molar-refractivity contribution in [1.29, 1.82) is 0 Å². The van der Waals surface area contributed by atoms with Crippen molar-refractivity contribution in [2.24, 2.45) is 0 Å². The maximum atomic E-state index is 13.5. The number of ether oxygens (including phenoxy) is 5. The van der Waals surface area contributed by atoms with Gasteiger partial charge < -0.3 is 44.1 Å². The van der Waals surface area contributed by atoms with E-state index in [9.17, 15) is 39.6 Å². The largest absolute Gasteiger partial charge is 0.481 e. The number of aliphatic hydroxyl groups is 4. The number of rotatable bonds is 14. The SMILES string of the molecule is COc1ccc(Cc2cc3c(=O)n([C@H]4COCC[C@@H]4O)cnc3c3ccccc23)cn1.CSc1ccc(Cc2cc3c(=O)n([C@H]4COCC[C@@H]4O)cnc3c3ccccc23)cn1.O=c1c2cc(Cc3cccc(Br)c3)c3ccccc3c2ncn1[C@H]1CCOC[C@@H]1O.O=c1c2cc(Cc3nc4ccccc4s3)c3ccccc3c2ncn1[C@H]1CCOC[C@@H]1O. The predicted octanol–water partition coefficient (Wildman–Crippen LogP) is 14.7. The molecule has 4 N–H and O–H groups in total. The summed E-state index contributed by atoms with van der Waals surface area (Å²) in [5.41, 5.74) is 10.7. The number of thiazole rings is 1. The number of thioether (sulfide) groups is 1. The molecule has 17 aromatic rings. The lowest BCUT2D eigenvalue weighted by atomic mass is 9.96. The van der Waals surface area contributed by atoms with E-state index in [2.05, 4.69) is 88.3 Å². The molecule has 0 spiro atoms. The number of methoxy groups -OCH3 is 1. The summed E-state index contributed by atoms with van der Waals surface area (Å²) in [7, 11) is 1.59. The van der Waals surface area contributed by atoms with Crippen LogP contribution in [0.5, 0.6) is 5.88 Å². The number of hydrogen-bond donors (Lipinski definition) is 4. The molecular formula is C97H88BrN11O13S2. The van der Waals surface area contributed by atoms with Gasteiger partial charge in [0.2, 0.25) is 5.88 Å². The van der Waals surface area contributed by atoms with E-state index in [0.29, 0.717) is 140 Å². The van der Waals surface area contributed by atoms with Crippen molar-refractivity contribution in [3.63, 3.8) is 0 Å². The van der Waals surface area contributed by atoms with E-state index in [1.54, 1.807) is 64.5 Å². The van der Waals surface area contributed by atoms with Crippen molar-refractivity contribution in [3.8, 4) is 5.88 Å². The van der Waals surface area contributed by atoms with Gasteiger partial charge in [0, 0.05) is 77.3 Å². The first-order chi connectivity index (χ1) is 60.6. The molecule has 24 nitrogen and oxygen atoms in total. The number of hydrogen-bond acceptors (Lipinski definition) is 22. The minimum absolute atomic E-state index is 0.118. The van der Waals surface area contributed by atoms with Crippen LogP contribution in [0.4, 0.5) is 0 Å². The lowest BCUT2D eigenvalue weighted by molar-refractivity contribution is -0.0395. The normalized spacial score (nSPS) is 19.2. The summed E-state index contributed by atoms with van der Waals surface area (Å²) in [6.45, 7) is 3.12. The van der Waals surface area contributed by atoms with Crippen LogP contribution in [0, 0.1) is 0 Å². The highest BCUT2D eigenvalue weighted by molar-refractivity contribution is 9.10. The molecule has 10 aromatic carbocycles. The summed E-state index contributed by atoms with van der Waals surface area (Å²) >= 11 is 6.83. The van der Waals surface area contributed by atoms with E-state index in [1.165, 1.54) is 15.5 Å². The second-order valence-corrected chi connectivity index (χ2v) is 34.4. The summed E-state index contributed by atoms with van der Waals surface area (Å²) in [5.74, 6) is 0.562. The minimum Gasteiger partial charge on any atom is -0.481 e. The second-order valence-electron chi connectivity index (χ2n) is 31.6. The summed E-state index contributed by atoms with van der Waals surface area (Å²) in [5, 5.41) is 53.9. The predicted molar refractivity (Wildman–Crippen MR) is 488 cm³/mol. The van der Waals surface area contributed by atoms with Gasteiger partial charge >= 0.3 is 0 Å². The van der Waals surface area contributed by atoms with Crippen LogP contribution < -0.4 is 27.0 Å². The van der Waals surface area contributed by atoms with E-state index >= 15 is 0 Å². The molecule has 628 valence electrons. The Labute approximate surface area is 727 Å². The standard InChI is InChI=1S/C25H21N3O3S.C24H21BrN2O3.C24H23N3O4.C24H23N3O3S/c29-21-13-31-10-9-20(21)28-14-26-24-17-6-2-1-5-16(17)15(11-18(24)25(28)30)12-23-27-19-7-3-4-8-22(19)32-23;25-17-5-3-4-15(11-17)10-16-12-20-23(19-7-2-1-6-18(16)19)26-14-27(24(20)29)21-8-9-30-13-22(21)28;1-30-22-7-6-15(12-25-22)10-16-11-19-23(18-5-3-2-4-17(16)18)26-14-27(24(19)29)20-13-31-9-8-21(20)28;1-31-22-7-6-15(12-25-22)10-16-11-19-23(18-5-3-2-4-17(16)18)26-14-27(24(19)29)20-13-30-9-8-21(20)28/h1-8,11,14,20-21,29H,9-10,12-13H2;1-7,11-12,14,21-22,28H,8-10,13H2;2*2-7,11-12,14,20-21,28H,8-10,13H2,1H3/t20-,21-;21-,22-;2*20-,21-/m0000/s1. The van der Waals surface area contributed by atoms with Gasteiger partial charge in [-0.1, -0.05) is 149 Å². The van der Waals surface area contributed by atoms with Crippen LogP contribution >= 0.6 is 39.0 Å². The quantitative estimate of drug-likeness (QED) is 0.0581. The van der Waals surface area contributed by atoms with Crippen molar-refractivity contribution in [1.82, 2.24) is 53.2 Å². The molecular weight excluding hydrogens is 1670 g/mol. The molecule has 0 amide bonds. The van der Waals surface area contributed by atoms with Crippen molar-refractivity contribution < 1.29 is 44.1 Å². The van der Waals surface area contributed by atoms with E-state index < -0.39 is 36.5 Å². The van der Waals surface area contributed by atoms with Gasteiger partial charge in [0.05, 0.1) is 171 Å². The number of benzene rings is 10. The highest BCUT2D eigenvalue weighted by Gasteiger charge is 2.32. The number of fused-ring (bicyclic) bond motifs is 13. The molecule has 4 saturated heterocycles. The van der Waals surface area contributed by atoms with Crippen molar-refractivity contribution in [2.75, 3.05) is 66.2 Å². The zero-order valence-corrected chi connectivity index (χ0v) is 71.2. The summed E-state index contributed by atoms with van der Waals surface area (Å²) in [4.78, 5) is 86.0. The molecule has 0 aliphatic carbocycles. The van der Waals surface area contributed by atoms with Crippen LogP contribution in [0.1, 0.15) is 93.8 Å². The molecule has 0 bridgehead atoms. The summed E-state index contributed by atoms with van der Waals surface area (Å²) < 4.78 is 35.2. The van der Waals surface area contributed by atoms with E-state index in [-0.39, 0.29) is 47.5 Å². The fraction of sp³-hybridized carbons (Fsp3) is 0.268. The van der Waals surface area contributed by atoms with Gasteiger partial charge in [0.25, 0.3) is 22.2 Å². The van der Waals surface area contributed by atoms with Crippen molar-refractivity contribution in [2.45, 2.75) is 105 Å². The third kappa shape index (κ3) is 17.1. The van der Waals surface area contributed by atoms with Gasteiger partial charge in [0.1, 0.15) is 0 Å². The first kappa shape index (κ1) is 83.2. The Hall–Kier alpha value is -11.7. The van der Waals surface area contributed by atoms with E-state index in [1.807, 2.05) is 164 Å². The third-order valence-electron chi connectivity index (χ3n) is 23.9. The number of pyridine rings is 2. The van der Waals surface area contributed by atoms with E-state index in [0.717, 1.165) is 107 Å². The zero-order valence-electron chi connectivity index (χ0n) is 67.9. The molecule has 124 heavy (non-hydrogen) atoms. The molecule has 0 unspecified atom stereocenters. The van der Waals surface area contributed by atoms with Crippen LogP contribution in [-0.2, 0) is 44.6 Å². The van der Waals surface area contributed by atoms with Crippen LogP contribution in [0.15, 0.2) is 261 Å². The Balaban J connectivity index is 0.000000113. The van der Waals surface area contributed by atoms with Crippen LogP contribution in [0.2, 0.25) is 0 Å². The maximum Gasteiger partial charge on any atom is 0.261 e. The molecule has 11 heterocycles. The number of aromatic nitrogens is 11. The first-order valence-electron chi connectivity index (χ1n) is 41.4. The number of nitrogens with zero attached hydrogens (tertiary/aromatic N) is 11. The molecule has 8 atom stereocenters. The number of halogens is 1. The van der Waals surface area contributed by atoms with Gasteiger partial charge in [0.15, 0.2) is 0 Å². The van der Waals surface area contributed by atoms with Crippen molar-refractivity contribution in [3.05, 3.63) is 322 Å². The van der Waals surface area contributed by atoms with Crippen molar-refractivity contribution >= 4 is 136 Å². The lowest BCUT2D eigenvalue weighted by Crippen LogP contribution is -2.39. The Morgan fingerprint density at radius 3 is 1.17 bits per heavy atom. The molecule has 7 aromatic heterocycles. The average molecular weight is 1760 g/mol. The fourth-order valence-corrected chi connectivity index (χ4v) is 19.3. The highest BCUT2D eigenvalue weighted by Crippen LogP contribution is 2.36. The summed E-state index contributed by atoms with van der Waals surface area (Å²) in [6, 6.07) is 62.7. The Morgan fingerprint density at radius 1 is 0.395 bits per heavy atom. The average Bonchev–Trinajstić information content (AvgIpc) is 0.917. The third-order valence-corrected chi connectivity index (χ3v) is 26.1. The topological polar surface area (TPSA) is 305 Å². The van der Waals surface area contributed by atoms with Crippen LogP contribution in [0.25, 0.3) is 96.9 Å². The first-order valence-corrected chi connectivity index (χ1v) is 44.2. The van der Waals surface area contributed by atoms with Gasteiger partial charge in [-0.15, -0.1) is 23.1 Å². The van der Waals surface area contributed by atoms with E-state index in [4.69, 9.17) is 28.7 Å².